The predicted octanol–water partition coefficient (Wildman–Crippen LogP) is 1.56. The average Bonchev–Trinajstić information content (AvgIpc) is 2.73. The number of pyridine rings is 1. The van der Waals surface area contributed by atoms with Crippen LogP contribution >= 0.6 is 0 Å². The van der Waals surface area contributed by atoms with Crippen molar-refractivity contribution < 1.29 is 0 Å². The van der Waals surface area contributed by atoms with E-state index in [-0.39, 0.29) is 0 Å². The SMILES string of the molecule is Nc1ccc(-c2nnc3cc(N)ccn23)cc1. The monoisotopic (exact) mass is 225 g/mol. The molecule has 2 aromatic heterocycles. The van der Waals surface area contributed by atoms with Crippen molar-refractivity contribution in [3.63, 3.8) is 0 Å². The first kappa shape index (κ1) is 9.65. The van der Waals surface area contributed by atoms with Gasteiger partial charge in [0.25, 0.3) is 0 Å². The molecule has 2 heterocycles. The largest absolute Gasteiger partial charge is 0.399 e. The molecular weight excluding hydrogens is 214 g/mol. The Morgan fingerprint density at radius 1 is 0.882 bits per heavy atom. The zero-order valence-corrected chi connectivity index (χ0v) is 9.04. The maximum absolute atomic E-state index is 5.69. The van der Waals surface area contributed by atoms with Crippen LogP contribution in [-0.2, 0) is 0 Å². The number of rotatable bonds is 1. The zero-order chi connectivity index (χ0) is 11.8. The van der Waals surface area contributed by atoms with Gasteiger partial charge in [0.2, 0.25) is 0 Å². The average molecular weight is 225 g/mol. The highest BCUT2D eigenvalue weighted by Crippen LogP contribution is 2.20. The molecule has 0 fully saturated rings. The third kappa shape index (κ3) is 1.57. The summed E-state index contributed by atoms with van der Waals surface area (Å²) in [4.78, 5) is 0. The summed E-state index contributed by atoms with van der Waals surface area (Å²) in [5.74, 6) is 0.778. The Hall–Kier alpha value is -2.56. The molecule has 0 aliphatic carbocycles. The molecule has 0 unspecified atom stereocenters. The number of anilines is 2. The summed E-state index contributed by atoms with van der Waals surface area (Å²) in [6.07, 6.45) is 1.86. The van der Waals surface area contributed by atoms with E-state index in [1.54, 1.807) is 6.07 Å². The molecule has 0 amide bonds. The van der Waals surface area contributed by atoms with Crippen LogP contribution in [0.25, 0.3) is 17.0 Å². The molecule has 0 spiro atoms. The van der Waals surface area contributed by atoms with E-state index in [9.17, 15) is 0 Å². The van der Waals surface area contributed by atoms with E-state index in [1.165, 1.54) is 0 Å². The Labute approximate surface area is 97.7 Å². The summed E-state index contributed by atoms with van der Waals surface area (Å²) in [6.45, 7) is 0. The quantitative estimate of drug-likeness (QED) is 0.616. The molecule has 0 aliphatic rings. The van der Waals surface area contributed by atoms with Crippen LogP contribution < -0.4 is 11.5 Å². The van der Waals surface area contributed by atoms with Crippen LogP contribution in [0, 0.1) is 0 Å². The van der Waals surface area contributed by atoms with Crippen molar-refractivity contribution in [2.24, 2.45) is 0 Å². The van der Waals surface area contributed by atoms with Crippen molar-refractivity contribution in [3.05, 3.63) is 42.6 Å². The first-order valence-corrected chi connectivity index (χ1v) is 5.20. The van der Waals surface area contributed by atoms with Crippen molar-refractivity contribution in [2.45, 2.75) is 0 Å². The van der Waals surface area contributed by atoms with Gasteiger partial charge < -0.3 is 11.5 Å². The van der Waals surface area contributed by atoms with Crippen LogP contribution in [0.3, 0.4) is 0 Å². The van der Waals surface area contributed by atoms with E-state index in [4.69, 9.17) is 11.5 Å². The molecule has 4 N–H and O–H groups in total. The van der Waals surface area contributed by atoms with E-state index in [2.05, 4.69) is 10.2 Å². The minimum Gasteiger partial charge on any atom is -0.399 e. The summed E-state index contributed by atoms with van der Waals surface area (Å²) in [6, 6.07) is 11.1. The summed E-state index contributed by atoms with van der Waals surface area (Å²) in [5.41, 5.74) is 14.5. The van der Waals surface area contributed by atoms with Crippen LogP contribution in [0.5, 0.6) is 0 Å². The molecule has 1 aromatic carbocycles. The Bertz CT molecular complexity index is 669. The fourth-order valence-corrected chi connectivity index (χ4v) is 1.74. The number of nitrogens with two attached hydrogens (primary N) is 2. The van der Waals surface area contributed by atoms with Crippen molar-refractivity contribution in [1.82, 2.24) is 14.6 Å². The van der Waals surface area contributed by atoms with E-state index in [1.807, 2.05) is 40.9 Å². The summed E-state index contributed by atoms with van der Waals surface area (Å²) in [5, 5.41) is 8.23. The molecule has 0 atom stereocenters. The number of hydrogen-bond donors (Lipinski definition) is 2. The van der Waals surface area contributed by atoms with Gasteiger partial charge in [-0.05, 0) is 30.3 Å². The van der Waals surface area contributed by atoms with Gasteiger partial charge in [0.05, 0.1) is 0 Å². The molecule has 0 saturated heterocycles. The summed E-state index contributed by atoms with van der Waals surface area (Å²) in [7, 11) is 0. The fourth-order valence-electron chi connectivity index (χ4n) is 1.74. The lowest BCUT2D eigenvalue weighted by molar-refractivity contribution is 1.11. The van der Waals surface area contributed by atoms with Gasteiger partial charge in [0, 0.05) is 29.2 Å². The van der Waals surface area contributed by atoms with E-state index in [0.717, 1.165) is 22.7 Å². The van der Waals surface area contributed by atoms with Gasteiger partial charge in [-0.1, -0.05) is 0 Å². The van der Waals surface area contributed by atoms with Gasteiger partial charge in [0.1, 0.15) is 0 Å². The molecule has 17 heavy (non-hydrogen) atoms. The fraction of sp³-hybridized carbons (Fsp3) is 0. The smallest absolute Gasteiger partial charge is 0.168 e. The van der Waals surface area contributed by atoms with E-state index in [0.29, 0.717) is 5.69 Å². The van der Waals surface area contributed by atoms with Crippen LogP contribution in [0.4, 0.5) is 11.4 Å². The predicted molar refractivity (Wildman–Crippen MR) is 67.2 cm³/mol. The lowest BCUT2D eigenvalue weighted by atomic mass is 10.2. The van der Waals surface area contributed by atoms with Crippen LogP contribution in [0.1, 0.15) is 0 Å². The van der Waals surface area contributed by atoms with Crippen LogP contribution in [0.2, 0.25) is 0 Å². The maximum atomic E-state index is 5.69. The standard InChI is InChI=1S/C12H11N5/c13-9-3-1-8(2-4-9)12-16-15-11-7-10(14)5-6-17(11)12/h1-7H,13-14H2. The van der Waals surface area contributed by atoms with Crippen LogP contribution in [-0.4, -0.2) is 14.6 Å². The first-order chi connectivity index (χ1) is 8.24. The molecule has 84 valence electrons. The number of hydrogen-bond acceptors (Lipinski definition) is 4. The van der Waals surface area contributed by atoms with Crippen LogP contribution in [0.15, 0.2) is 42.6 Å². The molecule has 0 saturated carbocycles. The highest BCUT2D eigenvalue weighted by molar-refractivity contribution is 5.63. The van der Waals surface area contributed by atoms with Gasteiger partial charge in [-0.25, -0.2) is 0 Å². The Balaban J connectivity index is 2.21. The molecule has 0 radical (unpaired) electrons. The minimum absolute atomic E-state index is 0.675. The van der Waals surface area contributed by atoms with Gasteiger partial charge >= 0.3 is 0 Å². The lowest BCUT2D eigenvalue weighted by Crippen LogP contribution is -1.92. The third-order valence-corrected chi connectivity index (χ3v) is 2.60. The van der Waals surface area contributed by atoms with Gasteiger partial charge in [-0.15, -0.1) is 10.2 Å². The maximum Gasteiger partial charge on any atom is 0.168 e. The van der Waals surface area contributed by atoms with E-state index < -0.39 is 0 Å². The first-order valence-electron chi connectivity index (χ1n) is 5.20. The van der Waals surface area contributed by atoms with Gasteiger partial charge in [0.15, 0.2) is 11.5 Å². The minimum atomic E-state index is 0.675. The second-order valence-corrected chi connectivity index (χ2v) is 3.83. The highest BCUT2D eigenvalue weighted by atomic mass is 15.2. The Kier molecular flexibility index (Phi) is 1.98. The number of fused-ring (bicyclic) bond motifs is 1. The summed E-state index contributed by atoms with van der Waals surface area (Å²) < 4.78 is 1.89. The van der Waals surface area contributed by atoms with Gasteiger partial charge in [-0.3, -0.25) is 4.40 Å². The molecule has 0 aliphatic heterocycles. The highest BCUT2D eigenvalue weighted by Gasteiger charge is 2.07. The second kappa shape index (κ2) is 3.48. The molecule has 5 nitrogen and oxygen atoms in total. The van der Waals surface area contributed by atoms with Crippen molar-refractivity contribution >= 4 is 17.0 Å². The van der Waals surface area contributed by atoms with Crippen molar-refractivity contribution in [2.75, 3.05) is 11.5 Å². The molecule has 3 aromatic rings. The summed E-state index contributed by atoms with van der Waals surface area (Å²) >= 11 is 0. The van der Waals surface area contributed by atoms with Gasteiger partial charge in [-0.2, -0.15) is 0 Å². The normalized spacial score (nSPS) is 10.8. The number of nitrogen functional groups attached to an aromatic ring is 2. The number of nitrogens with zero attached hydrogens (tertiary/aromatic N) is 3. The third-order valence-electron chi connectivity index (χ3n) is 2.60. The topological polar surface area (TPSA) is 82.2 Å². The molecule has 5 heteroatoms. The Morgan fingerprint density at radius 2 is 1.65 bits per heavy atom. The number of aromatic nitrogens is 3. The molecular formula is C12H11N5. The van der Waals surface area contributed by atoms with Crippen molar-refractivity contribution in [3.8, 4) is 11.4 Å². The molecule has 0 bridgehead atoms. The molecule has 3 rings (SSSR count). The lowest BCUT2D eigenvalue weighted by Gasteiger charge is -2.01. The Morgan fingerprint density at radius 3 is 2.41 bits per heavy atom. The van der Waals surface area contributed by atoms with E-state index >= 15 is 0 Å². The second-order valence-electron chi connectivity index (χ2n) is 3.83. The van der Waals surface area contributed by atoms with Crippen molar-refractivity contribution in [1.29, 1.82) is 0 Å². The zero-order valence-electron chi connectivity index (χ0n) is 9.04. The number of benzene rings is 1.